The monoisotopic (exact) mass is 435 g/mol. The molecule has 0 aliphatic carbocycles. The number of hydrogen-bond donors (Lipinski definition) is 0. The Kier molecular flexibility index (Phi) is 7.31. The van der Waals surface area contributed by atoms with Crippen LogP contribution in [0, 0.1) is 25.2 Å². The maximum atomic E-state index is 13.2. The zero-order chi connectivity index (χ0) is 23.3. The molecule has 32 heavy (non-hydrogen) atoms. The van der Waals surface area contributed by atoms with Gasteiger partial charge in [-0.15, -0.1) is 5.10 Å². The minimum Gasteiger partial charge on any atom is -0.494 e. The summed E-state index contributed by atoms with van der Waals surface area (Å²) in [5, 5.41) is 14.3. The molecule has 0 saturated carbocycles. The lowest BCUT2D eigenvalue weighted by molar-refractivity contribution is -0.118. The van der Waals surface area contributed by atoms with Gasteiger partial charge in [-0.25, -0.2) is 9.67 Å². The predicted octanol–water partition coefficient (Wildman–Crippen LogP) is 3.87. The van der Waals surface area contributed by atoms with Crippen LogP contribution in [0.3, 0.4) is 0 Å². The first kappa shape index (κ1) is 23.1. The Labute approximate surface area is 188 Å². The Morgan fingerprint density at radius 3 is 2.59 bits per heavy atom. The van der Waals surface area contributed by atoms with Gasteiger partial charge in [0.15, 0.2) is 5.65 Å². The lowest BCUT2D eigenvalue weighted by atomic mass is 9.99. The van der Waals surface area contributed by atoms with Crippen molar-refractivity contribution in [2.45, 2.75) is 40.0 Å². The number of pyridine rings is 1. The SMILES string of the molecule is CCOc1ccc(N(CCC#N)C(=O)CCc2c(C)nc3c(c(OC)nn3C)c2C)cc1. The zero-order valence-electron chi connectivity index (χ0n) is 19.3. The standard InChI is InChI=1S/C24H29N5O3/c1-6-32-19-10-8-18(9-11-19)29(15-7-14-25)21(30)13-12-20-16(2)22-23(26-17(20)3)28(4)27-24(22)31-5/h8-11H,6-7,12-13,15H2,1-5H3. The van der Waals surface area contributed by atoms with E-state index in [-0.39, 0.29) is 12.3 Å². The highest BCUT2D eigenvalue weighted by molar-refractivity contribution is 5.94. The molecule has 2 heterocycles. The molecule has 0 saturated heterocycles. The van der Waals surface area contributed by atoms with Crippen LogP contribution in [-0.2, 0) is 18.3 Å². The normalized spacial score (nSPS) is 10.8. The van der Waals surface area contributed by atoms with Gasteiger partial charge in [-0.1, -0.05) is 0 Å². The highest BCUT2D eigenvalue weighted by Gasteiger charge is 2.20. The third-order valence-electron chi connectivity index (χ3n) is 5.51. The summed E-state index contributed by atoms with van der Waals surface area (Å²) in [5.74, 6) is 1.24. The van der Waals surface area contributed by atoms with Gasteiger partial charge in [0.05, 0.1) is 31.6 Å². The molecule has 0 unspecified atom stereocenters. The summed E-state index contributed by atoms with van der Waals surface area (Å²) in [7, 11) is 3.43. The molecule has 8 nitrogen and oxygen atoms in total. The van der Waals surface area contributed by atoms with E-state index in [0.29, 0.717) is 31.9 Å². The number of ether oxygens (including phenoxy) is 2. The van der Waals surface area contributed by atoms with E-state index in [2.05, 4.69) is 11.2 Å². The minimum absolute atomic E-state index is 0.0403. The Hall–Kier alpha value is -3.60. The van der Waals surface area contributed by atoms with Gasteiger partial charge >= 0.3 is 0 Å². The van der Waals surface area contributed by atoms with E-state index in [4.69, 9.17) is 19.7 Å². The minimum atomic E-state index is -0.0403. The number of aromatic nitrogens is 3. The number of anilines is 1. The smallest absolute Gasteiger partial charge is 0.242 e. The second-order valence-electron chi connectivity index (χ2n) is 7.51. The fraction of sp³-hybridized carbons (Fsp3) is 0.417. The van der Waals surface area contributed by atoms with Gasteiger partial charge in [-0.2, -0.15) is 5.26 Å². The molecule has 168 valence electrons. The quantitative estimate of drug-likeness (QED) is 0.506. The van der Waals surface area contributed by atoms with Crippen LogP contribution in [0.2, 0.25) is 0 Å². The van der Waals surface area contributed by atoms with E-state index in [9.17, 15) is 4.79 Å². The average Bonchev–Trinajstić information content (AvgIpc) is 3.10. The van der Waals surface area contributed by atoms with Crippen LogP contribution in [0.5, 0.6) is 11.6 Å². The number of benzene rings is 1. The predicted molar refractivity (Wildman–Crippen MR) is 123 cm³/mol. The number of carbonyl (C=O) groups excluding carboxylic acids is 1. The molecule has 1 aromatic carbocycles. The molecule has 3 rings (SSSR count). The van der Waals surface area contributed by atoms with Crippen LogP contribution < -0.4 is 14.4 Å². The third-order valence-corrected chi connectivity index (χ3v) is 5.51. The fourth-order valence-corrected chi connectivity index (χ4v) is 3.92. The second-order valence-corrected chi connectivity index (χ2v) is 7.51. The lowest BCUT2D eigenvalue weighted by Gasteiger charge is -2.22. The van der Waals surface area contributed by atoms with E-state index in [1.165, 1.54) is 0 Å². The number of methoxy groups -OCH3 is 1. The van der Waals surface area contributed by atoms with Crippen molar-refractivity contribution in [2.75, 3.05) is 25.2 Å². The zero-order valence-corrected chi connectivity index (χ0v) is 19.3. The lowest BCUT2D eigenvalue weighted by Crippen LogP contribution is -2.32. The van der Waals surface area contributed by atoms with Crippen LogP contribution in [-0.4, -0.2) is 40.9 Å². The Bertz CT molecular complexity index is 1150. The molecule has 8 heteroatoms. The third kappa shape index (κ3) is 4.67. The van der Waals surface area contributed by atoms with E-state index in [1.807, 2.05) is 52.1 Å². The first-order chi connectivity index (χ1) is 15.4. The molecule has 3 aromatic rings. The number of hydrogen-bond acceptors (Lipinski definition) is 6. The maximum Gasteiger partial charge on any atom is 0.242 e. The molecule has 0 radical (unpaired) electrons. The summed E-state index contributed by atoms with van der Waals surface area (Å²) >= 11 is 0. The summed E-state index contributed by atoms with van der Waals surface area (Å²) in [6.45, 7) is 6.81. The van der Waals surface area contributed by atoms with Gasteiger partial charge < -0.3 is 14.4 Å². The molecule has 0 aliphatic heterocycles. The molecule has 0 bridgehead atoms. The van der Waals surface area contributed by atoms with Gasteiger partial charge in [-0.3, -0.25) is 4.79 Å². The number of carbonyl (C=O) groups is 1. The highest BCUT2D eigenvalue weighted by Crippen LogP contribution is 2.31. The van der Waals surface area contributed by atoms with Crippen molar-refractivity contribution in [3.05, 3.63) is 41.1 Å². The summed E-state index contributed by atoms with van der Waals surface area (Å²) in [6.07, 6.45) is 1.10. The number of nitrogens with zero attached hydrogens (tertiary/aromatic N) is 5. The van der Waals surface area contributed by atoms with E-state index in [1.54, 1.807) is 16.7 Å². The molecule has 1 amide bonds. The molecule has 0 atom stereocenters. The highest BCUT2D eigenvalue weighted by atomic mass is 16.5. The summed E-state index contributed by atoms with van der Waals surface area (Å²) in [4.78, 5) is 19.5. The largest absolute Gasteiger partial charge is 0.494 e. The van der Waals surface area contributed by atoms with Crippen LogP contribution in [0.4, 0.5) is 5.69 Å². The van der Waals surface area contributed by atoms with Gasteiger partial charge in [0.25, 0.3) is 0 Å². The molecule has 0 spiro atoms. The maximum absolute atomic E-state index is 13.2. The van der Waals surface area contributed by atoms with Crippen LogP contribution >= 0.6 is 0 Å². The van der Waals surface area contributed by atoms with Gasteiger partial charge in [0.2, 0.25) is 11.8 Å². The van der Waals surface area contributed by atoms with Crippen molar-refractivity contribution in [1.29, 1.82) is 5.26 Å². The topological polar surface area (TPSA) is 93.3 Å². The molecular formula is C24H29N5O3. The van der Waals surface area contributed by atoms with Gasteiger partial charge in [0.1, 0.15) is 5.75 Å². The molecular weight excluding hydrogens is 406 g/mol. The van der Waals surface area contributed by atoms with Gasteiger partial charge in [-0.05, 0) is 62.6 Å². The van der Waals surface area contributed by atoms with Crippen molar-refractivity contribution in [2.24, 2.45) is 7.05 Å². The summed E-state index contributed by atoms with van der Waals surface area (Å²) < 4.78 is 12.6. The van der Waals surface area contributed by atoms with Crippen LogP contribution in [0.15, 0.2) is 24.3 Å². The van der Waals surface area contributed by atoms with Crippen LogP contribution in [0.1, 0.15) is 36.6 Å². The van der Waals surface area contributed by atoms with Crippen molar-refractivity contribution in [3.8, 4) is 17.7 Å². The Morgan fingerprint density at radius 2 is 1.97 bits per heavy atom. The second kappa shape index (κ2) is 10.1. The van der Waals surface area contributed by atoms with Crippen molar-refractivity contribution < 1.29 is 14.3 Å². The number of fused-ring (bicyclic) bond motifs is 1. The first-order valence-corrected chi connectivity index (χ1v) is 10.7. The summed E-state index contributed by atoms with van der Waals surface area (Å²) in [5.41, 5.74) is 4.43. The average molecular weight is 436 g/mol. The van der Waals surface area contributed by atoms with Gasteiger partial charge in [0, 0.05) is 31.4 Å². The Balaban J connectivity index is 1.84. The molecule has 2 aromatic heterocycles. The number of nitriles is 1. The number of rotatable bonds is 9. The Morgan fingerprint density at radius 1 is 1.25 bits per heavy atom. The van der Waals surface area contributed by atoms with E-state index >= 15 is 0 Å². The van der Waals surface area contributed by atoms with Crippen molar-refractivity contribution >= 4 is 22.6 Å². The first-order valence-electron chi connectivity index (χ1n) is 10.7. The van der Waals surface area contributed by atoms with Crippen molar-refractivity contribution in [3.63, 3.8) is 0 Å². The van der Waals surface area contributed by atoms with E-state index < -0.39 is 0 Å². The van der Waals surface area contributed by atoms with Crippen molar-refractivity contribution in [1.82, 2.24) is 14.8 Å². The molecule has 0 N–H and O–H groups in total. The molecule has 0 fully saturated rings. The van der Waals surface area contributed by atoms with Crippen LogP contribution in [0.25, 0.3) is 11.0 Å². The molecule has 0 aliphatic rings. The van der Waals surface area contributed by atoms with E-state index in [0.717, 1.165) is 39.3 Å². The number of amides is 1. The fourth-order valence-electron chi connectivity index (χ4n) is 3.92. The summed E-state index contributed by atoms with van der Waals surface area (Å²) in [6, 6.07) is 9.51. The number of aryl methyl sites for hydroxylation is 3.